The largest absolute Gasteiger partial charge is 0.508 e. The third kappa shape index (κ3) is 12.2. The Morgan fingerprint density at radius 1 is 0.940 bits per heavy atom. The van der Waals surface area contributed by atoms with Crippen molar-refractivity contribution >= 4 is 22.0 Å². The van der Waals surface area contributed by atoms with Gasteiger partial charge in [-0.1, -0.05) is 111 Å². The molecule has 0 spiro atoms. The maximum atomic E-state index is 13.0. The summed E-state index contributed by atoms with van der Waals surface area (Å²) in [6, 6.07) is 0. The summed E-state index contributed by atoms with van der Waals surface area (Å²) in [5.74, 6) is 5.53. The second kappa shape index (κ2) is 17.9. The molecule has 0 saturated heterocycles. The molecule has 0 aromatic heterocycles. The van der Waals surface area contributed by atoms with Crippen LogP contribution in [0.1, 0.15) is 81.1 Å². The molecule has 9 nitrogen and oxygen atoms in total. The fourth-order valence-corrected chi connectivity index (χ4v) is 6.62. The lowest BCUT2D eigenvalue weighted by Gasteiger charge is -2.36. The summed E-state index contributed by atoms with van der Waals surface area (Å²) in [6.07, 6.45) is 19.7. The van der Waals surface area contributed by atoms with E-state index in [9.17, 15) is 33.3 Å². The molecule has 272 valence electrons. The molecular weight excluding hydrogens is 656 g/mol. The third-order valence-electron chi connectivity index (χ3n) is 9.38. The second-order valence-electron chi connectivity index (χ2n) is 14.3. The molecule has 0 heterocycles. The smallest absolute Gasteiger partial charge is 0.397 e. The van der Waals surface area contributed by atoms with Gasteiger partial charge in [0.1, 0.15) is 11.5 Å². The molecule has 3 unspecified atom stereocenters. The van der Waals surface area contributed by atoms with Crippen LogP contribution < -0.4 is 0 Å². The van der Waals surface area contributed by atoms with E-state index < -0.39 is 32.7 Å². The molecular formula is C40H52O9S. The van der Waals surface area contributed by atoms with Gasteiger partial charge >= 0.3 is 10.4 Å². The van der Waals surface area contributed by atoms with Gasteiger partial charge in [-0.05, 0) is 52.2 Å². The van der Waals surface area contributed by atoms with Crippen LogP contribution in [-0.2, 0) is 24.2 Å². The lowest BCUT2D eigenvalue weighted by atomic mass is 9.66. The van der Waals surface area contributed by atoms with Gasteiger partial charge in [0.25, 0.3) is 0 Å². The molecule has 2 aliphatic rings. The topological polar surface area (TPSA) is 158 Å². The third-order valence-corrected chi connectivity index (χ3v) is 9.89. The Morgan fingerprint density at radius 3 is 2.04 bits per heavy atom. The number of rotatable bonds is 13. The van der Waals surface area contributed by atoms with Gasteiger partial charge in [0.15, 0.2) is 5.78 Å². The standard InChI is InChI=1S/C40H52O9S/c1-28(15-11-17-30(3)36(44)22-37(45)40(8)24-33(43)23-39(40,7)27-42)13-9-10-14-29(2)16-12-18-32(26-41)19-20-35-31(4)21-34(25-38(35,5)6)49-50(46,47)48/h9-18,22,34,41-42,44H,21,23-27H2,1-8H3,(H,46,47,48). The Labute approximate surface area is 297 Å². The van der Waals surface area contributed by atoms with E-state index in [0.29, 0.717) is 24.0 Å². The zero-order valence-electron chi connectivity index (χ0n) is 30.4. The molecule has 0 amide bonds. The second-order valence-corrected chi connectivity index (χ2v) is 15.4. The van der Waals surface area contributed by atoms with E-state index in [1.165, 1.54) is 0 Å². The van der Waals surface area contributed by atoms with Gasteiger partial charge in [-0.3, -0.25) is 14.1 Å². The fraction of sp³-hybridized carbons (Fsp3) is 0.450. The number of hydrogen-bond donors (Lipinski definition) is 4. The van der Waals surface area contributed by atoms with Gasteiger partial charge < -0.3 is 15.3 Å². The first-order valence-electron chi connectivity index (χ1n) is 16.5. The Hall–Kier alpha value is -3.85. The van der Waals surface area contributed by atoms with E-state index in [0.717, 1.165) is 28.4 Å². The van der Waals surface area contributed by atoms with Gasteiger partial charge in [-0.15, -0.1) is 0 Å². The van der Waals surface area contributed by atoms with Crippen LogP contribution in [0.4, 0.5) is 0 Å². The summed E-state index contributed by atoms with van der Waals surface area (Å²) < 4.78 is 36.2. The van der Waals surface area contributed by atoms with E-state index in [-0.39, 0.29) is 43.4 Å². The maximum absolute atomic E-state index is 13.0. The summed E-state index contributed by atoms with van der Waals surface area (Å²) in [4.78, 5) is 25.1. The Kier molecular flexibility index (Phi) is 15.1. The van der Waals surface area contributed by atoms with Crippen LogP contribution >= 0.6 is 0 Å². The number of carbonyl (C=O) groups excluding carboxylic acids is 2. The number of Topliss-reactive ketones (excluding diaryl/α,β-unsaturated/α-hetero) is 1. The highest BCUT2D eigenvalue weighted by Crippen LogP contribution is 2.51. The van der Waals surface area contributed by atoms with Gasteiger partial charge in [-0.25, -0.2) is 4.18 Å². The van der Waals surface area contributed by atoms with Crippen LogP contribution in [-0.4, -0.2) is 59.2 Å². The molecule has 0 radical (unpaired) electrons. The molecule has 1 saturated carbocycles. The Bertz CT molecular complexity index is 1760. The quantitative estimate of drug-likeness (QED) is 0.0514. The minimum Gasteiger partial charge on any atom is -0.508 e. The number of hydrogen-bond acceptors (Lipinski definition) is 8. The average Bonchev–Trinajstić information content (AvgIpc) is 3.24. The van der Waals surface area contributed by atoms with Gasteiger partial charge in [0, 0.05) is 52.9 Å². The minimum absolute atomic E-state index is 0.0398. The molecule has 0 aromatic carbocycles. The van der Waals surface area contributed by atoms with Crippen LogP contribution in [0.2, 0.25) is 0 Å². The monoisotopic (exact) mass is 708 g/mol. The van der Waals surface area contributed by atoms with E-state index in [1.807, 2.05) is 71.1 Å². The number of carbonyl (C=O) groups is 2. The van der Waals surface area contributed by atoms with Crippen LogP contribution in [0.25, 0.3) is 0 Å². The van der Waals surface area contributed by atoms with E-state index in [1.54, 1.807) is 45.1 Å². The van der Waals surface area contributed by atoms with Crippen molar-refractivity contribution in [2.45, 2.75) is 87.2 Å². The fourth-order valence-electron chi connectivity index (χ4n) is 6.14. The van der Waals surface area contributed by atoms with Crippen molar-refractivity contribution in [3.05, 3.63) is 106 Å². The van der Waals surface area contributed by atoms with E-state index in [2.05, 4.69) is 11.8 Å². The summed E-state index contributed by atoms with van der Waals surface area (Å²) in [5, 5.41) is 30.2. The normalized spacial score (nSPS) is 26.0. The highest BCUT2D eigenvalue weighted by Gasteiger charge is 2.55. The van der Waals surface area contributed by atoms with Crippen molar-refractivity contribution in [1.29, 1.82) is 0 Å². The van der Waals surface area contributed by atoms with Crippen LogP contribution in [0.3, 0.4) is 0 Å². The predicted octanol–water partition coefficient (Wildman–Crippen LogP) is 7.12. The van der Waals surface area contributed by atoms with Crippen LogP contribution in [0, 0.1) is 28.1 Å². The molecule has 0 bridgehead atoms. The molecule has 50 heavy (non-hydrogen) atoms. The maximum Gasteiger partial charge on any atom is 0.397 e. The molecule has 0 aromatic rings. The number of aliphatic hydroxyl groups is 3. The molecule has 1 fully saturated rings. The molecule has 3 atom stereocenters. The Morgan fingerprint density at radius 2 is 1.52 bits per heavy atom. The van der Waals surface area contributed by atoms with Crippen molar-refractivity contribution in [2.24, 2.45) is 16.2 Å². The van der Waals surface area contributed by atoms with Crippen molar-refractivity contribution in [3.8, 4) is 11.8 Å². The number of ketones is 2. The van der Waals surface area contributed by atoms with E-state index >= 15 is 0 Å². The first kappa shape index (κ1) is 42.3. The molecule has 2 aliphatic carbocycles. The van der Waals surface area contributed by atoms with Crippen molar-refractivity contribution in [3.63, 3.8) is 0 Å². The lowest BCUT2D eigenvalue weighted by Crippen LogP contribution is -2.41. The highest BCUT2D eigenvalue weighted by atomic mass is 32.3. The summed E-state index contributed by atoms with van der Waals surface area (Å²) in [7, 11) is -4.54. The van der Waals surface area contributed by atoms with Gasteiger partial charge in [0.2, 0.25) is 0 Å². The van der Waals surface area contributed by atoms with E-state index in [4.69, 9.17) is 8.74 Å². The summed E-state index contributed by atoms with van der Waals surface area (Å²) >= 11 is 0. The number of aliphatic hydroxyl groups excluding tert-OH is 3. The zero-order valence-corrected chi connectivity index (χ0v) is 31.2. The van der Waals surface area contributed by atoms with Crippen molar-refractivity contribution < 1.29 is 42.1 Å². The van der Waals surface area contributed by atoms with Crippen LogP contribution in [0.5, 0.6) is 0 Å². The number of allylic oxidation sites excluding steroid dienone is 15. The lowest BCUT2D eigenvalue weighted by molar-refractivity contribution is -0.130. The first-order valence-corrected chi connectivity index (χ1v) is 17.8. The molecule has 0 aliphatic heterocycles. The van der Waals surface area contributed by atoms with Crippen molar-refractivity contribution in [2.75, 3.05) is 13.2 Å². The SMILES string of the molecule is CC(C=CC=C(C#CC1=C(C)CC(OS(=O)(=O)O)CC1(C)C)CO)=CC=CC=C(C)C=CC=C(C)C(O)=CC(=O)C1(C)CC(=O)CC1(C)CO. The molecule has 4 N–H and O–H groups in total. The highest BCUT2D eigenvalue weighted by molar-refractivity contribution is 7.80. The first-order chi connectivity index (χ1) is 23.2. The minimum atomic E-state index is -4.54. The molecule has 10 heteroatoms. The summed E-state index contributed by atoms with van der Waals surface area (Å²) in [5.41, 5.74) is 2.23. The van der Waals surface area contributed by atoms with Crippen molar-refractivity contribution in [1.82, 2.24) is 0 Å². The molecule has 2 rings (SSSR count). The zero-order chi connectivity index (χ0) is 37.9. The Balaban J connectivity index is 2.02. The predicted molar refractivity (Wildman–Crippen MR) is 197 cm³/mol. The average molecular weight is 709 g/mol. The summed E-state index contributed by atoms with van der Waals surface area (Å²) in [6.45, 7) is 14.1. The van der Waals surface area contributed by atoms with Gasteiger partial charge in [-0.2, -0.15) is 8.42 Å². The van der Waals surface area contributed by atoms with Gasteiger partial charge in [0.05, 0.1) is 12.7 Å². The van der Waals surface area contributed by atoms with Crippen LogP contribution in [0.15, 0.2) is 106 Å².